The summed E-state index contributed by atoms with van der Waals surface area (Å²) in [5.74, 6) is 0. The van der Waals surface area contributed by atoms with Gasteiger partial charge in [0.1, 0.15) is 0 Å². The summed E-state index contributed by atoms with van der Waals surface area (Å²) in [7, 11) is 0. The van der Waals surface area contributed by atoms with Gasteiger partial charge in [-0.3, -0.25) is 4.90 Å². The van der Waals surface area contributed by atoms with E-state index in [4.69, 9.17) is 0 Å². The minimum atomic E-state index is 0.102. The van der Waals surface area contributed by atoms with Crippen LogP contribution in [0, 0.1) is 0 Å². The van der Waals surface area contributed by atoms with Crippen LogP contribution < -0.4 is 0 Å². The first-order chi connectivity index (χ1) is 9.17. The maximum absolute atomic E-state index is 2.64. The summed E-state index contributed by atoms with van der Waals surface area (Å²) in [6, 6.07) is 8.96. The quantitative estimate of drug-likeness (QED) is 0.668. The molecule has 2 rings (SSSR count). The van der Waals surface area contributed by atoms with Gasteiger partial charge in [-0.1, -0.05) is 58.9 Å². The molecule has 0 aliphatic carbocycles. The average molecular weight is 275 g/mol. The molecule has 1 aromatic rings. The van der Waals surface area contributed by atoms with Crippen LogP contribution in [0.2, 0.25) is 0 Å². The fraction of sp³-hybridized carbons (Fsp3) is 0.684. The minimum absolute atomic E-state index is 0.102. The lowest BCUT2D eigenvalue weighted by Crippen LogP contribution is -2.65. The van der Waals surface area contributed by atoms with Crippen LogP contribution in [0.3, 0.4) is 0 Å². The largest absolute Gasteiger partial charge is 0.288 e. The molecule has 0 aromatic heterocycles. The predicted octanol–water partition coefficient (Wildman–Crippen LogP) is 5.34. The third kappa shape index (κ3) is 2.20. The number of benzene rings is 1. The lowest BCUT2D eigenvalue weighted by Gasteiger charge is -2.61. The third-order valence-electron chi connectivity index (χ3n) is 5.45. The molecule has 114 valence electrons. The topological polar surface area (TPSA) is 3.24 Å². The smallest absolute Gasteiger partial charge is 0.0412 e. The van der Waals surface area contributed by atoms with Crippen molar-refractivity contribution in [3.8, 4) is 0 Å². The number of hydrogen-bond acceptors (Lipinski definition) is 1. The average Bonchev–Trinajstić information content (AvgIpc) is 2.40. The zero-order valence-electron chi connectivity index (χ0n) is 15.0. The van der Waals surface area contributed by atoms with Gasteiger partial charge in [0.05, 0.1) is 0 Å². The van der Waals surface area contributed by atoms with Crippen LogP contribution in [0.4, 0.5) is 0 Å². The first-order valence-electron chi connectivity index (χ1n) is 8.05. The summed E-state index contributed by atoms with van der Waals surface area (Å²) in [4.78, 5) is 2.64. The van der Waals surface area contributed by atoms with E-state index in [1.165, 1.54) is 11.1 Å². The Morgan fingerprint density at radius 1 is 0.850 bits per heavy atom. The molecule has 1 nitrogen and oxygen atoms in total. The Balaban J connectivity index is 0.000000956. The Morgan fingerprint density at radius 3 is 1.75 bits per heavy atom. The van der Waals surface area contributed by atoms with Gasteiger partial charge in [0.25, 0.3) is 0 Å². The van der Waals surface area contributed by atoms with E-state index >= 15 is 0 Å². The highest BCUT2D eigenvalue weighted by Crippen LogP contribution is 2.51. The molecule has 0 saturated carbocycles. The second-order valence-corrected chi connectivity index (χ2v) is 7.03. The van der Waals surface area contributed by atoms with Gasteiger partial charge < -0.3 is 0 Å². The Bertz CT molecular complexity index is 455. The number of nitrogens with zero attached hydrogens (tertiary/aromatic N) is 1. The molecule has 0 amide bonds. The molecule has 0 N–H and O–H groups in total. The fourth-order valence-corrected chi connectivity index (χ4v) is 3.86. The van der Waals surface area contributed by atoms with Crippen LogP contribution >= 0.6 is 0 Å². The van der Waals surface area contributed by atoms with E-state index in [0.717, 1.165) is 6.54 Å². The molecular weight excluding hydrogens is 242 g/mol. The van der Waals surface area contributed by atoms with Gasteiger partial charge in [0.15, 0.2) is 0 Å². The highest BCUT2D eigenvalue weighted by atomic mass is 15.3. The molecule has 1 aromatic carbocycles. The summed E-state index contributed by atoms with van der Waals surface area (Å²) in [6.45, 7) is 21.6. The van der Waals surface area contributed by atoms with E-state index in [1.54, 1.807) is 0 Å². The SMILES string of the molecule is CC.CCN1C(C)(C)c2ccccc2C(C)(C)C1(C)C. The van der Waals surface area contributed by atoms with E-state index in [0.29, 0.717) is 0 Å². The van der Waals surface area contributed by atoms with Gasteiger partial charge in [-0.2, -0.15) is 0 Å². The summed E-state index contributed by atoms with van der Waals surface area (Å²) < 4.78 is 0. The molecule has 1 aliphatic heterocycles. The molecule has 1 heteroatoms. The first-order valence-corrected chi connectivity index (χ1v) is 8.05. The second-order valence-electron chi connectivity index (χ2n) is 7.03. The van der Waals surface area contributed by atoms with Crippen LogP contribution in [0.1, 0.15) is 73.4 Å². The summed E-state index contributed by atoms with van der Waals surface area (Å²) in [5.41, 5.74) is 3.40. The van der Waals surface area contributed by atoms with E-state index < -0.39 is 0 Å². The molecular formula is C19H33N. The van der Waals surface area contributed by atoms with Gasteiger partial charge in [-0.25, -0.2) is 0 Å². The molecule has 1 aliphatic rings. The van der Waals surface area contributed by atoms with Crippen molar-refractivity contribution in [1.82, 2.24) is 4.90 Å². The second kappa shape index (κ2) is 5.52. The summed E-state index contributed by atoms with van der Waals surface area (Å²) in [6.07, 6.45) is 0. The Kier molecular flexibility index (Phi) is 4.76. The Morgan fingerprint density at radius 2 is 1.30 bits per heavy atom. The number of likely N-dealkylation sites (N-methyl/N-ethyl adjacent to an activating group) is 1. The zero-order valence-corrected chi connectivity index (χ0v) is 15.0. The molecule has 0 bridgehead atoms. The van der Waals surface area contributed by atoms with Crippen LogP contribution in [0.15, 0.2) is 24.3 Å². The first kappa shape index (κ1) is 17.2. The summed E-state index contributed by atoms with van der Waals surface area (Å²) in [5, 5.41) is 0. The van der Waals surface area contributed by atoms with Crippen molar-refractivity contribution >= 4 is 0 Å². The monoisotopic (exact) mass is 275 g/mol. The maximum Gasteiger partial charge on any atom is 0.0412 e. The number of hydrogen-bond donors (Lipinski definition) is 0. The van der Waals surface area contributed by atoms with E-state index in [2.05, 4.69) is 77.6 Å². The highest BCUT2D eigenvalue weighted by Gasteiger charge is 2.53. The normalized spacial score (nSPS) is 22.4. The van der Waals surface area contributed by atoms with E-state index in [-0.39, 0.29) is 16.5 Å². The van der Waals surface area contributed by atoms with Crippen LogP contribution in [-0.4, -0.2) is 17.0 Å². The number of rotatable bonds is 1. The van der Waals surface area contributed by atoms with Crippen molar-refractivity contribution in [3.63, 3.8) is 0 Å². The molecule has 0 saturated heterocycles. The number of fused-ring (bicyclic) bond motifs is 1. The zero-order chi connectivity index (χ0) is 15.8. The van der Waals surface area contributed by atoms with Gasteiger partial charge in [0, 0.05) is 16.5 Å². The molecule has 0 spiro atoms. The molecule has 0 unspecified atom stereocenters. The summed E-state index contributed by atoms with van der Waals surface area (Å²) >= 11 is 0. The van der Waals surface area contributed by atoms with Gasteiger partial charge >= 0.3 is 0 Å². The van der Waals surface area contributed by atoms with Crippen molar-refractivity contribution in [1.29, 1.82) is 0 Å². The highest BCUT2D eigenvalue weighted by molar-refractivity contribution is 5.44. The third-order valence-corrected chi connectivity index (χ3v) is 5.45. The van der Waals surface area contributed by atoms with Gasteiger partial charge in [-0.05, 0) is 45.4 Å². The minimum Gasteiger partial charge on any atom is -0.288 e. The van der Waals surface area contributed by atoms with Crippen LogP contribution in [-0.2, 0) is 11.0 Å². The van der Waals surface area contributed by atoms with Gasteiger partial charge in [-0.15, -0.1) is 0 Å². The molecule has 1 heterocycles. The van der Waals surface area contributed by atoms with E-state index in [1.807, 2.05) is 13.8 Å². The van der Waals surface area contributed by atoms with Gasteiger partial charge in [0.2, 0.25) is 0 Å². The van der Waals surface area contributed by atoms with Crippen molar-refractivity contribution in [3.05, 3.63) is 35.4 Å². The standard InChI is InChI=1S/C17H27N.C2H6/c1-8-18-16(4,5)14-12-10-9-11-13(14)15(2,3)17(18,6)7;1-2/h9-12H,8H2,1-7H3;1-2H3. The van der Waals surface area contributed by atoms with Crippen molar-refractivity contribution in [2.45, 2.75) is 78.8 Å². The van der Waals surface area contributed by atoms with Crippen LogP contribution in [0.25, 0.3) is 0 Å². The van der Waals surface area contributed by atoms with Crippen molar-refractivity contribution in [2.24, 2.45) is 0 Å². The predicted molar refractivity (Wildman–Crippen MR) is 90.3 cm³/mol. The lowest BCUT2D eigenvalue weighted by atomic mass is 9.60. The molecule has 0 fully saturated rings. The van der Waals surface area contributed by atoms with Crippen molar-refractivity contribution in [2.75, 3.05) is 6.54 Å². The maximum atomic E-state index is 2.64. The fourth-order valence-electron chi connectivity index (χ4n) is 3.86. The Hall–Kier alpha value is -0.820. The van der Waals surface area contributed by atoms with Crippen molar-refractivity contribution < 1.29 is 0 Å². The molecule has 20 heavy (non-hydrogen) atoms. The van der Waals surface area contributed by atoms with E-state index in [9.17, 15) is 0 Å². The molecule has 0 radical (unpaired) electrons. The Labute approximate surface area is 126 Å². The molecule has 0 atom stereocenters. The van der Waals surface area contributed by atoms with Crippen LogP contribution in [0.5, 0.6) is 0 Å². The lowest BCUT2D eigenvalue weighted by molar-refractivity contribution is -0.0420.